The molecule has 1 aliphatic heterocycles. The summed E-state index contributed by atoms with van der Waals surface area (Å²) in [7, 11) is 0. The van der Waals surface area contributed by atoms with Crippen LogP contribution in [0.1, 0.15) is 77.6 Å². The Kier molecular flexibility index (Phi) is 4.72. The van der Waals surface area contributed by atoms with Gasteiger partial charge in [-0.3, -0.25) is 4.90 Å². The molecule has 116 valence electrons. The smallest absolute Gasteiger partial charge is 0.0363 e. The maximum Gasteiger partial charge on any atom is 0.0363 e. The minimum Gasteiger partial charge on any atom is -0.326 e. The zero-order chi connectivity index (χ0) is 14.0. The maximum atomic E-state index is 6.94. The topological polar surface area (TPSA) is 29.3 Å². The van der Waals surface area contributed by atoms with E-state index < -0.39 is 0 Å². The molecule has 0 aromatic heterocycles. The summed E-state index contributed by atoms with van der Waals surface area (Å²) in [6.45, 7) is 5.06. The molecular formula is C18H34N2. The van der Waals surface area contributed by atoms with Crippen LogP contribution in [0.4, 0.5) is 0 Å². The molecule has 0 amide bonds. The molecule has 0 aromatic rings. The van der Waals surface area contributed by atoms with E-state index in [0.717, 1.165) is 11.8 Å². The third-order valence-electron chi connectivity index (χ3n) is 6.56. The van der Waals surface area contributed by atoms with Gasteiger partial charge < -0.3 is 5.73 Å². The first-order chi connectivity index (χ1) is 9.72. The number of nitrogens with two attached hydrogens (primary N) is 1. The van der Waals surface area contributed by atoms with E-state index in [1.165, 1.54) is 83.7 Å². The summed E-state index contributed by atoms with van der Waals surface area (Å²) in [5, 5.41) is 0. The van der Waals surface area contributed by atoms with E-state index in [0.29, 0.717) is 11.6 Å². The van der Waals surface area contributed by atoms with Crippen molar-refractivity contribution in [1.29, 1.82) is 0 Å². The minimum atomic E-state index is 0.377. The second kappa shape index (κ2) is 6.36. The van der Waals surface area contributed by atoms with Crippen LogP contribution in [0.3, 0.4) is 0 Å². The van der Waals surface area contributed by atoms with Crippen LogP contribution in [0.5, 0.6) is 0 Å². The minimum absolute atomic E-state index is 0.377. The highest BCUT2D eigenvalue weighted by atomic mass is 15.2. The van der Waals surface area contributed by atoms with Gasteiger partial charge in [-0.15, -0.1) is 0 Å². The second-order valence-corrected chi connectivity index (χ2v) is 7.92. The molecule has 3 aliphatic rings. The van der Waals surface area contributed by atoms with Crippen LogP contribution in [0.15, 0.2) is 0 Å². The maximum absolute atomic E-state index is 6.94. The number of hydrogen-bond donors (Lipinski definition) is 1. The van der Waals surface area contributed by atoms with E-state index in [4.69, 9.17) is 5.73 Å². The highest BCUT2D eigenvalue weighted by Gasteiger charge is 2.47. The highest BCUT2D eigenvalue weighted by molar-refractivity contribution is 5.05. The molecule has 2 nitrogen and oxygen atoms in total. The van der Waals surface area contributed by atoms with Gasteiger partial charge in [0.2, 0.25) is 0 Å². The molecule has 1 saturated heterocycles. The van der Waals surface area contributed by atoms with Gasteiger partial charge in [0.05, 0.1) is 0 Å². The van der Waals surface area contributed by atoms with Gasteiger partial charge in [0.15, 0.2) is 0 Å². The van der Waals surface area contributed by atoms with Crippen LogP contribution in [-0.2, 0) is 0 Å². The molecule has 0 spiro atoms. The highest BCUT2D eigenvalue weighted by Crippen LogP contribution is 2.44. The van der Waals surface area contributed by atoms with Crippen molar-refractivity contribution < 1.29 is 0 Å². The predicted octanol–water partition coefficient (Wildman–Crippen LogP) is 3.94. The first-order valence-corrected chi connectivity index (χ1v) is 9.23. The van der Waals surface area contributed by atoms with E-state index in [1.54, 1.807) is 0 Å². The molecule has 3 atom stereocenters. The molecule has 20 heavy (non-hydrogen) atoms. The van der Waals surface area contributed by atoms with Crippen molar-refractivity contribution in [2.45, 2.75) is 89.1 Å². The summed E-state index contributed by atoms with van der Waals surface area (Å²) in [4.78, 5) is 2.83. The second-order valence-electron chi connectivity index (χ2n) is 7.92. The average molecular weight is 278 g/mol. The Labute approximate surface area is 125 Å². The first-order valence-electron chi connectivity index (χ1n) is 9.23. The lowest BCUT2D eigenvalue weighted by Crippen LogP contribution is -2.62. The van der Waals surface area contributed by atoms with Gasteiger partial charge in [0, 0.05) is 11.6 Å². The zero-order valence-corrected chi connectivity index (χ0v) is 13.4. The van der Waals surface area contributed by atoms with Gasteiger partial charge in [-0.2, -0.15) is 0 Å². The fourth-order valence-corrected chi connectivity index (χ4v) is 5.43. The molecule has 2 N–H and O–H groups in total. The lowest BCUT2D eigenvalue weighted by atomic mass is 9.71. The van der Waals surface area contributed by atoms with E-state index >= 15 is 0 Å². The third-order valence-corrected chi connectivity index (χ3v) is 6.56. The van der Waals surface area contributed by atoms with Gasteiger partial charge >= 0.3 is 0 Å². The summed E-state index contributed by atoms with van der Waals surface area (Å²) in [5.41, 5.74) is 7.32. The summed E-state index contributed by atoms with van der Waals surface area (Å²) < 4.78 is 0. The number of piperidine rings is 1. The summed E-state index contributed by atoms with van der Waals surface area (Å²) in [5.74, 6) is 1.69. The van der Waals surface area contributed by atoms with Crippen molar-refractivity contribution in [3.8, 4) is 0 Å². The molecule has 3 fully saturated rings. The summed E-state index contributed by atoms with van der Waals surface area (Å²) in [6, 6.07) is 0.436. The van der Waals surface area contributed by atoms with E-state index in [-0.39, 0.29) is 0 Å². The zero-order valence-electron chi connectivity index (χ0n) is 13.4. The lowest BCUT2D eigenvalue weighted by molar-refractivity contribution is 0.0204. The molecule has 2 saturated carbocycles. The first kappa shape index (κ1) is 14.8. The molecule has 0 bridgehead atoms. The van der Waals surface area contributed by atoms with E-state index in [2.05, 4.69) is 11.8 Å². The molecular weight excluding hydrogens is 244 g/mol. The molecule has 3 unspecified atom stereocenters. The number of rotatable bonds is 3. The van der Waals surface area contributed by atoms with Gasteiger partial charge in [0.25, 0.3) is 0 Å². The predicted molar refractivity (Wildman–Crippen MR) is 85.7 cm³/mol. The van der Waals surface area contributed by atoms with Gasteiger partial charge in [0.1, 0.15) is 0 Å². The van der Waals surface area contributed by atoms with Crippen LogP contribution >= 0.6 is 0 Å². The monoisotopic (exact) mass is 278 g/mol. The fourth-order valence-electron chi connectivity index (χ4n) is 5.43. The molecule has 0 radical (unpaired) electrons. The molecule has 2 heteroatoms. The van der Waals surface area contributed by atoms with Crippen LogP contribution in [-0.4, -0.2) is 29.6 Å². The Morgan fingerprint density at radius 1 is 0.950 bits per heavy atom. The summed E-state index contributed by atoms with van der Waals surface area (Å²) in [6.07, 6.45) is 15.4. The lowest BCUT2D eigenvalue weighted by Gasteiger charge is -2.50. The Morgan fingerprint density at radius 3 is 2.30 bits per heavy atom. The molecule has 0 aromatic carbocycles. The number of nitrogens with zero attached hydrogens (tertiary/aromatic N) is 1. The number of likely N-dealkylation sites (tertiary alicyclic amines) is 1. The van der Waals surface area contributed by atoms with Crippen LogP contribution in [0.25, 0.3) is 0 Å². The Balaban J connectivity index is 1.74. The SMILES string of the molecule is CC1CCCC(C(N)C2(N3CCCCC3)CCCC2)C1. The van der Waals surface area contributed by atoms with Gasteiger partial charge in [-0.25, -0.2) is 0 Å². The average Bonchev–Trinajstić information content (AvgIpc) is 2.98. The van der Waals surface area contributed by atoms with Crippen molar-refractivity contribution in [3.63, 3.8) is 0 Å². The largest absolute Gasteiger partial charge is 0.326 e. The van der Waals surface area contributed by atoms with Gasteiger partial charge in [-0.1, -0.05) is 39.0 Å². The van der Waals surface area contributed by atoms with E-state index in [9.17, 15) is 0 Å². The fraction of sp³-hybridized carbons (Fsp3) is 1.00. The van der Waals surface area contributed by atoms with Crippen LogP contribution < -0.4 is 5.73 Å². The van der Waals surface area contributed by atoms with Crippen LogP contribution in [0, 0.1) is 11.8 Å². The van der Waals surface area contributed by atoms with Crippen molar-refractivity contribution in [2.75, 3.05) is 13.1 Å². The summed E-state index contributed by atoms with van der Waals surface area (Å²) >= 11 is 0. The Bertz CT molecular complexity index is 303. The molecule has 1 heterocycles. The Morgan fingerprint density at radius 2 is 1.65 bits per heavy atom. The standard InChI is InChI=1S/C18H34N2/c1-15-8-7-9-16(14-15)17(19)18(10-3-4-11-18)20-12-5-2-6-13-20/h15-17H,2-14,19H2,1H3. The normalized spacial score (nSPS) is 36.9. The molecule has 3 rings (SSSR count). The number of hydrogen-bond acceptors (Lipinski definition) is 2. The van der Waals surface area contributed by atoms with Crippen molar-refractivity contribution in [3.05, 3.63) is 0 Å². The molecule has 2 aliphatic carbocycles. The van der Waals surface area contributed by atoms with E-state index in [1.807, 2.05) is 0 Å². The van der Waals surface area contributed by atoms with Crippen molar-refractivity contribution in [1.82, 2.24) is 4.90 Å². The Hall–Kier alpha value is -0.0800. The quantitative estimate of drug-likeness (QED) is 0.847. The third kappa shape index (κ3) is 2.78. The van der Waals surface area contributed by atoms with Crippen LogP contribution in [0.2, 0.25) is 0 Å². The van der Waals surface area contributed by atoms with Crippen molar-refractivity contribution >= 4 is 0 Å². The van der Waals surface area contributed by atoms with Gasteiger partial charge in [-0.05, 0) is 63.5 Å². The van der Waals surface area contributed by atoms with Crippen molar-refractivity contribution in [2.24, 2.45) is 17.6 Å².